The Labute approximate surface area is 136 Å². The van der Waals surface area contributed by atoms with Crippen molar-refractivity contribution in [3.8, 4) is 0 Å². The molecule has 0 aromatic carbocycles. The van der Waals surface area contributed by atoms with Gasteiger partial charge in [-0.15, -0.1) is 0 Å². The molecule has 0 radical (unpaired) electrons. The Morgan fingerprint density at radius 1 is 1.30 bits per heavy atom. The summed E-state index contributed by atoms with van der Waals surface area (Å²) < 4.78 is 24.2. The molecule has 126 valence electrons. The quantitative estimate of drug-likeness (QED) is 0.775. The van der Waals surface area contributed by atoms with Crippen molar-refractivity contribution in [1.82, 2.24) is 14.8 Å². The lowest BCUT2D eigenvalue weighted by Gasteiger charge is -2.44. The van der Waals surface area contributed by atoms with Crippen molar-refractivity contribution in [1.29, 1.82) is 0 Å². The maximum Gasteiger partial charge on any atom is 0.224 e. The van der Waals surface area contributed by atoms with Crippen molar-refractivity contribution in [2.75, 3.05) is 31.1 Å². The van der Waals surface area contributed by atoms with Crippen LogP contribution in [0, 0.1) is 0 Å². The smallest absolute Gasteiger partial charge is 0.224 e. The summed E-state index contributed by atoms with van der Waals surface area (Å²) in [7, 11) is -3.12. The molecular weight excluding hydrogens is 316 g/mol. The molecule has 23 heavy (non-hydrogen) atoms. The van der Waals surface area contributed by atoms with Gasteiger partial charge in [-0.2, -0.15) is 0 Å². The number of nitrogens with two attached hydrogens (primary N) is 1. The van der Waals surface area contributed by atoms with Gasteiger partial charge in [-0.1, -0.05) is 6.07 Å². The monoisotopic (exact) mass is 338 g/mol. The molecule has 2 N–H and O–H groups in total. The highest BCUT2D eigenvalue weighted by Crippen LogP contribution is 2.28. The lowest BCUT2D eigenvalue weighted by atomic mass is 10.0. The Hall–Kier alpha value is -1.51. The summed E-state index contributed by atoms with van der Waals surface area (Å²) in [4.78, 5) is 20.2. The number of carbonyl (C=O) groups is 1. The predicted octanol–water partition coefficient (Wildman–Crippen LogP) is -0.760. The molecule has 1 aromatic rings. The highest BCUT2D eigenvalue weighted by Gasteiger charge is 2.47. The molecule has 2 fully saturated rings. The van der Waals surface area contributed by atoms with Crippen LogP contribution in [-0.4, -0.2) is 72.3 Å². The van der Waals surface area contributed by atoms with Gasteiger partial charge in [-0.25, -0.2) is 8.42 Å². The van der Waals surface area contributed by atoms with Crippen LogP contribution in [-0.2, 0) is 21.2 Å². The number of nitrogens with zero attached hydrogens (tertiary/aromatic N) is 3. The number of rotatable bonds is 4. The van der Waals surface area contributed by atoms with E-state index in [1.165, 1.54) is 0 Å². The summed E-state index contributed by atoms with van der Waals surface area (Å²) in [6.45, 7) is 2.17. The van der Waals surface area contributed by atoms with Crippen molar-refractivity contribution >= 4 is 15.7 Å². The highest BCUT2D eigenvalue weighted by molar-refractivity contribution is 7.91. The van der Waals surface area contributed by atoms with E-state index in [2.05, 4.69) is 9.88 Å². The van der Waals surface area contributed by atoms with E-state index in [0.717, 1.165) is 5.56 Å². The minimum absolute atomic E-state index is 0.0411. The highest BCUT2D eigenvalue weighted by atomic mass is 32.2. The van der Waals surface area contributed by atoms with Crippen molar-refractivity contribution in [2.24, 2.45) is 5.73 Å². The number of hydrogen-bond acceptors (Lipinski definition) is 6. The molecule has 1 amide bonds. The number of pyridine rings is 1. The van der Waals surface area contributed by atoms with E-state index in [1.54, 1.807) is 17.3 Å². The number of piperazine rings is 1. The van der Waals surface area contributed by atoms with Crippen LogP contribution in [0.2, 0.25) is 0 Å². The molecule has 8 heteroatoms. The minimum Gasteiger partial charge on any atom is -0.336 e. The van der Waals surface area contributed by atoms with Gasteiger partial charge < -0.3 is 10.6 Å². The molecule has 2 aliphatic rings. The van der Waals surface area contributed by atoms with Crippen LogP contribution in [0.4, 0.5) is 0 Å². The van der Waals surface area contributed by atoms with Gasteiger partial charge >= 0.3 is 0 Å². The Balaban J connectivity index is 1.79. The van der Waals surface area contributed by atoms with E-state index < -0.39 is 9.84 Å². The maximum atomic E-state index is 12.2. The van der Waals surface area contributed by atoms with Gasteiger partial charge in [0.05, 0.1) is 17.5 Å². The number of carbonyl (C=O) groups excluding carboxylic acids is 1. The van der Waals surface area contributed by atoms with E-state index in [4.69, 9.17) is 5.73 Å². The third-order valence-corrected chi connectivity index (χ3v) is 6.28. The molecule has 2 aliphatic heterocycles. The van der Waals surface area contributed by atoms with Gasteiger partial charge in [-0.3, -0.25) is 14.7 Å². The molecule has 2 atom stereocenters. The van der Waals surface area contributed by atoms with Gasteiger partial charge in [0.15, 0.2) is 9.84 Å². The zero-order valence-electron chi connectivity index (χ0n) is 13.0. The molecule has 0 unspecified atom stereocenters. The van der Waals surface area contributed by atoms with E-state index in [-0.39, 0.29) is 35.9 Å². The zero-order chi connectivity index (χ0) is 16.4. The molecule has 3 heterocycles. The fraction of sp³-hybridized carbons (Fsp3) is 0.600. The number of aromatic nitrogens is 1. The average molecular weight is 338 g/mol. The van der Waals surface area contributed by atoms with Crippen LogP contribution in [0.1, 0.15) is 12.0 Å². The standard InChI is InChI=1S/C15H22N4O3S/c16-4-3-15(20)19-7-6-18(9-12-2-1-5-17-8-12)13-10-23(21,22)11-14(13)19/h1-2,5,8,13-14H,3-4,6-7,9-11,16H2/t13-,14+/m1/s1. The second-order valence-corrected chi connectivity index (χ2v) is 8.32. The SMILES string of the molecule is NCCC(=O)N1CCN(Cc2cccnc2)[C@@H]2CS(=O)(=O)C[C@@H]21. The summed E-state index contributed by atoms with van der Waals surface area (Å²) in [5, 5.41) is 0. The Morgan fingerprint density at radius 3 is 2.78 bits per heavy atom. The van der Waals surface area contributed by atoms with E-state index in [1.807, 2.05) is 12.1 Å². The summed E-state index contributed by atoms with van der Waals surface area (Å²) in [6, 6.07) is 3.46. The lowest BCUT2D eigenvalue weighted by Crippen LogP contribution is -2.60. The van der Waals surface area contributed by atoms with Crippen LogP contribution in [0.5, 0.6) is 0 Å². The number of sulfone groups is 1. The van der Waals surface area contributed by atoms with Gasteiger partial charge in [-0.05, 0) is 11.6 Å². The fourth-order valence-electron chi connectivity index (χ4n) is 3.52. The molecular formula is C15H22N4O3S. The van der Waals surface area contributed by atoms with Crippen LogP contribution in [0.25, 0.3) is 0 Å². The van der Waals surface area contributed by atoms with Crippen LogP contribution in [0.15, 0.2) is 24.5 Å². The lowest BCUT2D eigenvalue weighted by molar-refractivity contribution is -0.136. The van der Waals surface area contributed by atoms with Gasteiger partial charge in [0.2, 0.25) is 5.91 Å². The third kappa shape index (κ3) is 3.54. The predicted molar refractivity (Wildman–Crippen MR) is 86.3 cm³/mol. The first-order chi connectivity index (χ1) is 11.0. The molecule has 0 bridgehead atoms. The summed E-state index contributed by atoms with van der Waals surface area (Å²) >= 11 is 0. The van der Waals surface area contributed by atoms with E-state index in [0.29, 0.717) is 26.2 Å². The van der Waals surface area contributed by atoms with Crippen molar-refractivity contribution in [3.05, 3.63) is 30.1 Å². The molecule has 0 spiro atoms. The molecule has 0 aliphatic carbocycles. The van der Waals surface area contributed by atoms with Crippen LogP contribution >= 0.6 is 0 Å². The molecule has 3 rings (SSSR count). The zero-order valence-corrected chi connectivity index (χ0v) is 13.8. The normalized spacial score (nSPS) is 26.9. The minimum atomic E-state index is -3.12. The maximum absolute atomic E-state index is 12.2. The van der Waals surface area contributed by atoms with Crippen LogP contribution < -0.4 is 5.73 Å². The van der Waals surface area contributed by atoms with Crippen molar-refractivity contribution in [3.63, 3.8) is 0 Å². The number of hydrogen-bond donors (Lipinski definition) is 1. The third-order valence-electron chi connectivity index (χ3n) is 4.58. The van der Waals surface area contributed by atoms with Crippen LogP contribution in [0.3, 0.4) is 0 Å². The summed E-state index contributed by atoms with van der Waals surface area (Å²) in [5.74, 6) is 0.127. The Morgan fingerprint density at radius 2 is 2.09 bits per heavy atom. The van der Waals surface area contributed by atoms with Gasteiger partial charge in [0, 0.05) is 51.0 Å². The number of amides is 1. The Bertz CT molecular complexity index is 665. The fourth-order valence-corrected chi connectivity index (χ4v) is 5.54. The van der Waals surface area contributed by atoms with Crippen molar-refractivity contribution < 1.29 is 13.2 Å². The van der Waals surface area contributed by atoms with Crippen molar-refractivity contribution in [2.45, 2.75) is 25.0 Å². The Kier molecular flexibility index (Phi) is 4.65. The largest absolute Gasteiger partial charge is 0.336 e. The molecule has 1 aromatic heterocycles. The second-order valence-electron chi connectivity index (χ2n) is 6.17. The first kappa shape index (κ1) is 16.4. The number of fused-ring (bicyclic) bond motifs is 1. The molecule has 0 saturated carbocycles. The first-order valence-electron chi connectivity index (χ1n) is 7.83. The summed E-state index contributed by atoms with van der Waals surface area (Å²) in [5.41, 5.74) is 6.53. The van der Waals surface area contributed by atoms with E-state index >= 15 is 0 Å². The molecule has 7 nitrogen and oxygen atoms in total. The van der Waals surface area contributed by atoms with E-state index in [9.17, 15) is 13.2 Å². The molecule has 2 saturated heterocycles. The first-order valence-corrected chi connectivity index (χ1v) is 9.65. The topological polar surface area (TPSA) is 96.6 Å². The van der Waals surface area contributed by atoms with Gasteiger partial charge in [0.25, 0.3) is 0 Å². The summed E-state index contributed by atoms with van der Waals surface area (Å²) in [6.07, 6.45) is 3.78. The van der Waals surface area contributed by atoms with Gasteiger partial charge in [0.1, 0.15) is 0 Å². The average Bonchev–Trinajstić information content (AvgIpc) is 2.84. The second kappa shape index (κ2) is 6.54.